The van der Waals surface area contributed by atoms with E-state index in [9.17, 15) is 18.4 Å². The molecule has 2 aromatic rings. The molecule has 0 bridgehead atoms. The summed E-state index contributed by atoms with van der Waals surface area (Å²) in [6.07, 6.45) is 0. The molecule has 0 atom stereocenters. The summed E-state index contributed by atoms with van der Waals surface area (Å²) in [5.74, 6) is 0.0639. The van der Waals surface area contributed by atoms with E-state index < -0.39 is 12.5 Å². The smallest absolute Gasteiger partial charge is 0.387 e. The van der Waals surface area contributed by atoms with Gasteiger partial charge in [0.2, 0.25) is 0 Å². The van der Waals surface area contributed by atoms with E-state index in [0.717, 1.165) is 0 Å². The van der Waals surface area contributed by atoms with Crippen LogP contribution in [0.15, 0.2) is 42.5 Å². The highest BCUT2D eigenvalue weighted by atomic mass is 19.3. The van der Waals surface area contributed by atoms with Gasteiger partial charge in [-0.05, 0) is 49.4 Å². The molecule has 2 rings (SSSR count). The van der Waals surface area contributed by atoms with Crippen LogP contribution < -0.4 is 19.5 Å². The third-order valence-electron chi connectivity index (χ3n) is 3.29. The highest BCUT2D eigenvalue weighted by Crippen LogP contribution is 2.28. The molecule has 0 aromatic heterocycles. The van der Waals surface area contributed by atoms with Crippen LogP contribution in [0.1, 0.15) is 17.3 Å². The number of rotatable bonds is 8. The van der Waals surface area contributed by atoms with Gasteiger partial charge in [0.15, 0.2) is 23.9 Å². The van der Waals surface area contributed by atoms with Gasteiger partial charge in [-0.25, -0.2) is 0 Å². The fourth-order valence-electron chi connectivity index (χ4n) is 2.07. The number of carbonyl (C=O) groups is 2. The number of hydrogen-bond donors (Lipinski definition) is 1. The molecule has 0 saturated heterocycles. The molecule has 0 heterocycles. The summed E-state index contributed by atoms with van der Waals surface area (Å²) in [7, 11) is 1.43. The van der Waals surface area contributed by atoms with Crippen molar-refractivity contribution in [3.8, 4) is 17.2 Å². The zero-order valence-electron chi connectivity index (χ0n) is 14.1. The predicted molar refractivity (Wildman–Crippen MR) is 90.2 cm³/mol. The van der Waals surface area contributed by atoms with Crippen molar-refractivity contribution in [2.45, 2.75) is 13.5 Å². The summed E-state index contributed by atoms with van der Waals surface area (Å²) in [4.78, 5) is 23.3. The third-order valence-corrected chi connectivity index (χ3v) is 3.29. The van der Waals surface area contributed by atoms with Crippen LogP contribution in [0, 0.1) is 0 Å². The predicted octanol–water partition coefficient (Wildman–Crippen LogP) is 3.52. The Labute approximate surface area is 148 Å². The standard InChI is InChI=1S/C18H17F2NO5/c1-11(22)12-3-8-15(16(9-12)24-2)25-10-17(23)21-13-4-6-14(7-5-13)26-18(19)20/h3-9,18H,10H2,1-2H3,(H,21,23). The zero-order chi connectivity index (χ0) is 19.1. The van der Waals surface area contributed by atoms with E-state index in [1.807, 2.05) is 0 Å². The monoisotopic (exact) mass is 365 g/mol. The minimum absolute atomic E-state index is 0.00968. The molecule has 0 unspecified atom stereocenters. The fourth-order valence-corrected chi connectivity index (χ4v) is 2.07. The number of methoxy groups -OCH3 is 1. The molecule has 0 fully saturated rings. The van der Waals surface area contributed by atoms with Gasteiger partial charge in [-0.3, -0.25) is 9.59 Å². The van der Waals surface area contributed by atoms with Gasteiger partial charge in [-0.15, -0.1) is 0 Å². The molecule has 0 aliphatic rings. The van der Waals surface area contributed by atoms with Crippen molar-refractivity contribution in [1.82, 2.24) is 0 Å². The number of carbonyl (C=O) groups excluding carboxylic acids is 2. The second-order valence-corrected chi connectivity index (χ2v) is 5.16. The molecule has 1 amide bonds. The number of nitrogens with one attached hydrogen (secondary N) is 1. The normalized spacial score (nSPS) is 10.3. The Balaban J connectivity index is 1.93. The highest BCUT2D eigenvalue weighted by molar-refractivity contribution is 5.95. The molecule has 2 aromatic carbocycles. The number of amides is 1. The molecule has 0 saturated carbocycles. The molecule has 0 aliphatic carbocycles. The Bertz CT molecular complexity index is 778. The fraction of sp³-hybridized carbons (Fsp3) is 0.222. The van der Waals surface area contributed by atoms with Crippen LogP contribution in [0.25, 0.3) is 0 Å². The van der Waals surface area contributed by atoms with Gasteiger partial charge in [0.1, 0.15) is 5.75 Å². The van der Waals surface area contributed by atoms with Crippen molar-refractivity contribution in [3.63, 3.8) is 0 Å². The minimum Gasteiger partial charge on any atom is -0.493 e. The first-order chi connectivity index (χ1) is 12.4. The lowest BCUT2D eigenvalue weighted by Gasteiger charge is -2.12. The van der Waals surface area contributed by atoms with Crippen molar-refractivity contribution >= 4 is 17.4 Å². The molecule has 26 heavy (non-hydrogen) atoms. The second kappa shape index (κ2) is 8.80. The summed E-state index contributed by atoms with van der Waals surface area (Å²) in [5, 5.41) is 2.56. The van der Waals surface area contributed by atoms with Crippen molar-refractivity contribution in [1.29, 1.82) is 0 Å². The molecule has 138 valence electrons. The molecular weight excluding hydrogens is 348 g/mol. The van der Waals surface area contributed by atoms with Crippen LogP contribution in [-0.2, 0) is 4.79 Å². The van der Waals surface area contributed by atoms with Gasteiger partial charge >= 0.3 is 6.61 Å². The number of halogens is 2. The highest BCUT2D eigenvalue weighted by Gasteiger charge is 2.11. The number of benzene rings is 2. The van der Waals surface area contributed by atoms with Crippen LogP contribution in [0.3, 0.4) is 0 Å². The van der Waals surface area contributed by atoms with Crippen LogP contribution in [0.5, 0.6) is 17.2 Å². The number of hydrogen-bond acceptors (Lipinski definition) is 5. The third kappa shape index (κ3) is 5.44. The van der Waals surface area contributed by atoms with E-state index in [-0.39, 0.29) is 18.1 Å². The van der Waals surface area contributed by atoms with E-state index in [1.54, 1.807) is 12.1 Å². The van der Waals surface area contributed by atoms with Gasteiger partial charge < -0.3 is 19.5 Å². The van der Waals surface area contributed by atoms with Crippen molar-refractivity contribution in [2.24, 2.45) is 0 Å². The van der Waals surface area contributed by atoms with Gasteiger partial charge in [0.05, 0.1) is 7.11 Å². The summed E-state index contributed by atoms with van der Waals surface area (Å²) in [5.41, 5.74) is 0.865. The van der Waals surface area contributed by atoms with Gasteiger partial charge in [0, 0.05) is 11.3 Å². The lowest BCUT2D eigenvalue weighted by Crippen LogP contribution is -2.20. The zero-order valence-corrected chi connectivity index (χ0v) is 14.1. The summed E-state index contributed by atoms with van der Waals surface area (Å²) in [6, 6.07) is 10.1. The molecule has 8 heteroatoms. The molecule has 0 aliphatic heterocycles. The Morgan fingerprint density at radius 2 is 1.77 bits per heavy atom. The average molecular weight is 365 g/mol. The first-order valence-electron chi connectivity index (χ1n) is 7.55. The van der Waals surface area contributed by atoms with Gasteiger partial charge in [0.25, 0.3) is 5.91 Å². The Hall–Kier alpha value is -3.16. The lowest BCUT2D eigenvalue weighted by atomic mass is 10.1. The van der Waals surface area contributed by atoms with E-state index in [2.05, 4.69) is 10.1 Å². The van der Waals surface area contributed by atoms with E-state index in [1.165, 1.54) is 44.4 Å². The maximum absolute atomic E-state index is 12.1. The first kappa shape index (κ1) is 19.2. The van der Waals surface area contributed by atoms with Crippen molar-refractivity contribution in [2.75, 3.05) is 19.0 Å². The van der Waals surface area contributed by atoms with Gasteiger partial charge in [-0.2, -0.15) is 8.78 Å². The molecule has 6 nitrogen and oxygen atoms in total. The van der Waals surface area contributed by atoms with Crippen LogP contribution in [0.2, 0.25) is 0 Å². The molecular formula is C18H17F2NO5. The Morgan fingerprint density at radius 3 is 2.35 bits per heavy atom. The van der Waals surface area contributed by atoms with E-state index in [0.29, 0.717) is 22.7 Å². The molecule has 0 spiro atoms. The number of ether oxygens (including phenoxy) is 3. The molecule has 1 N–H and O–H groups in total. The minimum atomic E-state index is -2.91. The largest absolute Gasteiger partial charge is 0.493 e. The maximum atomic E-state index is 12.1. The summed E-state index contributed by atoms with van der Waals surface area (Å²) >= 11 is 0. The quantitative estimate of drug-likeness (QED) is 0.725. The summed E-state index contributed by atoms with van der Waals surface area (Å²) in [6.45, 7) is -1.78. The van der Waals surface area contributed by atoms with Crippen LogP contribution >= 0.6 is 0 Å². The Kier molecular flexibility index (Phi) is 6.48. The SMILES string of the molecule is COc1cc(C(C)=O)ccc1OCC(=O)Nc1ccc(OC(F)F)cc1. The number of anilines is 1. The lowest BCUT2D eigenvalue weighted by molar-refractivity contribution is -0.118. The number of ketones is 1. The second-order valence-electron chi connectivity index (χ2n) is 5.16. The topological polar surface area (TPSA) is 73.9 Å². The van der Waals surface area contributed by atoms with Gasteiger partial charge in [-0.1, -0.05) is 0 Å². The number of Topliss-reactive ketones (excluding diaryl/α,β-unsaturated/α-hetero) is 1. The Morgan fingerprint density at radius 1 is 1.08 bits per heavy atom. The van der Waals surface area contributed by atoms with Crippen molar-refractivity contribution in [3.05, 3.63) is 48.0 Å². The average Bonchev–Trinajstić information content (AvgIpc) is 2.61. The van der Waals surface area contributed by atoms with Crippen LogP contribution in [-0.4, -0.2) is 32.0 Å². The van der Waals surface area contributed by atoms with E-state index in [4.69, 9.17) is 9.47 Å². The van der Waals surface area contributed by atoms with Crippen LogP contribution in [0.4, 0.5) is 14.5 Å². The van der Waals surface area contributed by atoms with E-state index >= 15 is 0 Å². The molecule has 0 radical (unpaired) electrons. The maximum Gasteiger partial charge on any atom is 0.387 e. The summed E-state index contributed by atoms with van der Waals surface area (Å²) < 4.78 is 38.9. The first-order valence-corrected chi connectivity index (χ1v) is 7.55. The van der Waals surface area contributed by atoms with Crippen molar-refractivity contribution < 1.29 is 32.6 Å². The number of alkyl halides is 2.